The number of nitrogens with one attached hydrogen (secondary N) is 1. The van der Waals surface area contributed by atoms with Gasteiger partial charge in [0, 0.05) is 63.6 Å². The quantitative estimate of drug-likeness (QED) is 0.444. The van der Waals surface area contributed by atoms with Gasteiger partial charge in [-0.2, -0.15) is 0 Å². The Morgan fingerprint density at radius 3 is 2.50 bits per heavy atom. The Morgan fingerprint density at radius 2 is 1.71 bits per heavy atom. The number of H-pyrrole nitrogens is 1. The minimum absolute atomic E-state index is 0.0110. The predicted molar refractivity (Wildman–Crippen MR) is 117 cm³/mol. The van der Waals surface area contributed by atoms with Gasteiger partial charge in [0.15, 0.2) is 5.43 Å². The van der Waals surface area contributed by atoms with Crippen molar-refractivity contribution in [2.75, 3.05) is 0 Å². The van der Waals surface area contributed by atoms with Crippen molar-refractivity contribution >= 4 is 34.1 Å². The highest BCUT2D eigenvalue weighted by Crippen LogP contribution is 2.27. The summed E-state index contributed by atoms with van der Waals surface area (Å²) in [6.45, 7) is 2.77. The molecule has 4 rings (SSSR count). The minimum Gasteiger partial charge on any atom is -0.361 e. The summed E-state index contributed by atoms with van der Waals surface area (Å²) in [4.78, 5) is 15.8. The number of halogens is 2. The largest absolute Gasteiger partial charge is 0.361 e. The molecule has 0 amide bonds. The maximum Gasteiger partial charge on any atom is 0.185 e. The molecule has 142 valence electrons. The molecule has 5 heteroatoms. The third kappa shape index (κ3) is 3.60. The second-order valence-electron chi connectivity index (χ2n) is 6.92. The molecular formula is C23H20Cl2N2O. The molecule has 1 N–H and O–H groups in total. The molecule has 28 heavy (non-hydrogen) atoms. The van der Waals surface area contributed by atoms with Crippen LogP contribution in [0.25, 0.3) is 10.9 Å². The summed E-state index contributed by atoms with van der Waals surface area (Å²) in [6, 6.07) is 15.3. The van der Waals surface area contributed by atoms with E-state index in [4.69, 9.17) is 23.2 Å². The first-order chi connectivity index (χ1) is 13.5. The highest BCUT2D eigenvalue weighted by molar-refractivity contribution is 6.36. The number of hydrogen-bond acceptors (Lipinski definition) is 1. The molecular weight excluding hydrogens is 391 g/mol. The number of aromatic amines is 1. The molecule has 0 unspecified atom stereocenters. The fourth-order valence-electron chi connectivity index (χ4n) is 3.64. The van der Waals surface area contributed by atoms with Gasteiger partial charge in [0.05, 0.1) is 0 Å². The van der Waals surface area contributed by atoms with Crippen LogP contribution in [0.4, 0.5) is 0 Å². The van der Waals surface area contributed by atoms with Gasteiger partial charge in [0.1, 0.15) is 0 Å². The fraction of sp³-hybridized carbons (Fsp3) is 0.174. The summed E-state index contributed by atoms with van der Waals surface area (Å²) >= 11 is 12.6. The Balaban J connectivity index is 1.62. The molecule has 3 nitrogen and oxygen atoms in total. The summed E-state index contributed by atoms with van der Waals surface area (Å²) in [6.07, 6.45) is 5.23. The van der Waals surface area contributed by atoms with Crippen molar-refractivity contribution in [2.24, 2.45) is 0 Å². The van der Waals surface area contributed by atoms with E-state index < -0.39 is 0 Å². The predicted octanol–water partition coefficient (Wildman–Crippen LogP) is 5.78. The van der Waals surface area contributed by atoms with Crippen LogP contribution in [-0.2, 0) is 19.4 Å². The first-order valence-corrected chi connectivity index (χ1v) is 9.97. The van der Waals surface area contributed by atoms with E-state index in [0.29, 0.717) is 16.5 Å². The molecule has 0 fully saturated rings. The van der Waals surface area contributed by atoms with Crippen molar-refractivity contribution < 1.29 is 0 Å². The number of para-hydroxylation sites is 1. The molecule has 0 atom stereocenters. The van der Waals surface area contributed by atoms with Gasteiger partial charge in [-0.15, -0.1) is 0 Å². The van der Waals surface area contributed by atoms with Crippen LogP contribution in [0.15, 0.2) is 65.7 Å². The first-order valence-electron chi connectivity index (χ1n) is 9.21. The van der Waals surface area contributed by atoms with Gasteiger partial charge in [-0.3, -0.25) is 4.79 Å². The Kier molecular flexibility index (Phi) is 5.29. The Bertz CT molecular complexity index is 1190. The van der Waals surface area contributed by atoms with Crippen molar-refractivity contribution in [2.45, 2.75) is 26.3 Å². The summed E-state index contributed by atoms with van der Waals surface area (Å²) in [5, 5.41) is 2.41. The Labute approximate surface area is 173 Å². The average molecular weight is 411 g/mol. The van der Waals surface area contributed by atoms with E-state index >= 15 is 0 Å². The van der Waals surface area contributed by atoms with Crippen molar-refractivity contribution in [3.63, 3.8) is 0 Å². The molecule has 0 spiro atoms. The number of aromatic nitrogens is 2. The molecule has 0 saturated carbocycles. The normalized spacial score (nSPS) is 11.2. The number of pyridine rings is 1. The van der Waals surface area contributed by atoms with Crippen molar-refractivity contribution in [3.8, 4) is 0 Å². The van der Waals surface area contributed by atoms with Crippen LogP contribution in [0.5, 0.6) is 0 Å². The number of rotatable bonds is 5. The van der Waals surface area contributed by atoms with E-state index in [-0.39, 0.29) is 5.43 Å². The molecule has 0 saturated heterocycles. The van der Waals surface area contributed by atoms with E-state index in [9.17, 15) is 4.79 Å². The van der Waals surface area contributed by atoms with Crippen LogP contribution >= 0.6 is 23.2 Å². The number of nitrogens with zero attached hydrogens (tertiary/aromatic N) is 1. The van der Waals surface area contributed by atoms with Crippen LogP contribution < -0.4 is 5.43 Å². The summed E-state index contributed by atoms with van der Waals surface area (Å²) < 4.78 is 2.13. The highest BCUT2D eigenvalue weighted by Gasteiger charge is 2.13. The van der Waals surface area contributed by atoms with E-state index in [1.165, 1.54) is 10.9 Å². The SMILES string of the molecule is Cc1c(Cc2c(Cl)cccc2Cl)c(=O)ccn1CCc1c[nH]c2ccccc12. The summed E-state index contributed by atoms with van der Waals surface area (Å²) in [5.41, 5.74) is 4.89. The topological polar surface area (TPSA) is 37.8 Å². The average Bonchev–Trinajstić information content (AvgIpc) is 3.10. The van der Waals surface area contributed by atoms with Gasteiger partial charge >= 0.3 is 0 Å². The maximum atomic E-state index is 12.5. The van der Waals surface area contributed by atoms with Gasteiger partial charge in [-0.25, -0.2) is 0 Å². The molecule has 0 aliphatic heterocycles. The van der Waals surface area contributed by atoms with Crippen molar-refractivity contribution in [1.82, 2.24) is 9.55 Å². The second-order valence-corrected chi connectivity index (χ2v) is 7.74. The van der Waals surface area contributed by atoms with Gasteiger partial charge in [0.25, 0.3) is 0 Å². The van der Waals surface area contributed by atoms with Crippen LogP contribution in [0, 0.1) is 6.92 Å². The number of fused-ring (bicyclic) bond motifs is 1. The lowest BCUT2D eigenvalue weighted by Gasteiger charge is -2.15. The van der Waals surface area contributed by atoms with Crippen LogP contribution in [0.2, 0.25) is 10.0 Å². The zero-order valence-corrected chi connectivity index (χ0v) is 17.0. The smallest absolute Gasteiger partial charge is 0.185 e. The lowest BCUT2D eigenvalue weighted by Crippen LogP contribution is -2.18. The molecule has 4 aromatic rings. The Morgan fingerprint density at radius 1 is 0.964 bits per heavy atom. The summed E-state index contributed by atoms with van der Waals surface area (Å²) in [7, 11) is 0. The lowest BCUT2D eigenvalue weighted by molar-refractivity contribution is 0.664. The fourth-order valence-corrected chi connectivity index (χ4v) is 4.17. The van der Waals surface area contributed by atoms with Crippen LogP contribution in [0.3, 0.4) is 0 Å². The highest BCUT2D eigenvalue weighted by atomic mass is 35.5. The maximum absolute atomic E-state index is 12.5. The summed E-state index contributed by atoms with van der Waals surface area (Å²) in [5.74, 6) is 0. The second kappa shape index (κ2) is 7.86. The van der Waals surface area contributed by atoms with E-state index in [1.54, 1.807) is 18.2 Å². The molecule has 2 aromatic heterocycles. The standard InChI is InChI=1S/C23H20Cl2N2O/c1-15-18(13-19-20(24)6-4-7-21(19)25)23(28)10-12-27(15)11-9-16-14-26-22-8-3-2-5-17(16)22/h2-8,10,12,14,26H,9,11,13H2,1H3. The number of benzene rings is 2. The third-order valence-corrected chi connectivity index (χ3v) is 5.99. The van der Waals surface area contributed by atoms with Crippen molar-refractivity contribution in [3.05, 3.63) is 104 Å². The third-order valence-electron chi connectivity index (χ3n) is 5.28. The van der Waals surface area contributed by atoms with Crippen LogP contribution in [-0.4, -0.2) is 9.55 Å². The molecule has 2 heterocycles. The molecule has 2 aromatic carbocycles. The first kappa shape index (κ1) is 18.9. The molecule has 0 aliphatic rings. The van der Waals surface area contributed by atoms with Gasteiger partial charge < -0.3 is 9.55 Å². The zero-order valence-electron chi connectivity index (χ0n) is 15.5. The Hall–Kier alpha value is -2.49. The zero-order chi connectivity index (χ0) is 19.7. The van der Waals surface area contributed by atoms with Crippen molar-refractivity contribution in [1.29, 1.82) is 0 Å². The minimum atomic E-state index is 0.0110. The van der Waals surface area contributed by atoms with Gasteiger partial charge in [-0.05, 0) is 42.7 Å². The molecule has 0 aliphatic carbocycles. The van der Waals surface area contributed by atoms with E-state index in [2.05, 4.69) is 33.9 Å². The number of aryl methyl sites for hydroxylation is 2. The van der Waals surface area contributed by atoms with Crippen LogP contribution in [0.1, 0.15) is 22.4 Å². The van der Waals surface area contributed by atoms with Gasteiger partial charge in [0.2, 0.25) is 0 Å². The number of hydrogen-bond donors (Lipinski definition) is 1. The van der Waals surface area contributed by atoms with E-state index in [1.807, 2.05) is 25.3 Å². The molecule has 0 radical (unpaired) electrons. The van der Waals surface area contributed by atoms with E-state index in [0.717, 1.165) is 35.3 Å². The lowest BCUT2D eigenvalue weighted by atomic mass is 10.0. The monoisotopic (exact) mass is 410 g/mol. The van der Waals surface area contributed by atoms with Gasteiger partial charge in [-0.1, -0.05) is 47.5 Å². The molecule has 0 bridgehead atoms.